The van der Waals surface area contributed by atoms with Gasteiger partial charge >= 0.3 is 6.18 Å². The van der Waals surface area contributed by atoms with Crippen molar-refractivity contribution in [1.29, 1.82) is 0 Å². The van der Waals surface area contributed by atoms with Crippen LogP contribution in [0.25, 0.3) is 0 Å². The van der Waals surface area contributed by atoms with E-state index < -0.39 is 11.7 Å². The number of halogens is 3. The molecule has 0 aliphatic heterocycles. The van der Waals surface area contributed by atoms with E-state index >= 15 is 0 Å². The Labute approximate surface area is 124 Å². The third kappa shape index (κ3) is 4.10. The lowest BCUT2D eigenvalue weighted by atomic mass is 10.1. The number of nitrogen functional groups attached to an aromatic ring is 1. The zero-order valence-corrected chi connectivity index (χ0v) is 12.3. The molecule has 1 aromatic heterocycles. The molecule has 0 saturated heterocycles. The molecule has 2 N–H and O–H groups in total. The van der Waals surface area contributed by atoms with Gasteiger partial charge in [0.25, 0.3) is 0 Å². The minimum Gasteiger partial charge on any atom is -0.384 e. The summed E-state index contributed by atoms with van der Waals surface area (Å²) in [6.45, 7) is 3.69. The minimum atomic E-state index is -4.32. The molecule has 0 radical (unpaired) electrons. The van der Waals surface area contributed by atoms with Crippen molar-refractivity contribution in [3.63, 3.8) is 0 Å². The highest BCUT2D eigenvalue weighted by Crippen LogP contribution is 2.35. The third-order valence-corrected chi connectivity index (χ3v) is 3.86. The number of hydrogen-bond donors (Lipinski definition) is 1. The number of anilines is 1. The van der Waals surface area contributed by atoms with E-state index in [2.05, 4.69) is 9.97 Å². The average Bonchev–Trinajstić information content (AvgIpc) is 2.36. The van der Waals surface area contributed by atoms with Crippen molar-refractivity contribution >= 4 is 17.6 Å². The van der Waals surface area contributed by atoms with Crippen LogP contribution < -0.4 is 5.73 Å². The predicted molar refractivity (Wildman–Crippen MR) is 76.9 cm³/mol. The van der Waals surface area contributed by atoms with Crippen LogP contribution in [0.5, 0.6) is 0 Å². The van der Waals surface area contributed by atoms with Gasteiger partial charge < -0.3 is 5.73 Å². The molecule has 7 heteroatoms. The van der Waals surface area contributed by atoms with Crippen LogP contribution in [0.2, 0.25) is 0 Å². The largest absolute Gasteiger partial charge is 0.416 e. The van der Waals surface area contributed by atoms with Gasteiger partial charge in [-0.1, -0.05) is 23.9 Å². The molecular weight excluding hydrogens is 299 g/mol. The van der Waals surface area contributed by atoms with Gasteiger partial charge in [0.1, 0.15) is 5.82 Å². The Balaban J connectivity index is 2.15. The number of thioether (sulfide) groups is 1. The Kier molecular flexibility index (Phi) is 4.41. The Morgan fingerprint density at radius 3 is 2.29 bits per heavy atom. The average molecular weight is 313 g/mol. The number of aromatic nitrogens is 2. The second-order valence-electron chi connectivity index (χ2n) is 4.60. The molecule has 2 aromatic rings. The predicted octanol–water partition coefficient (Wildman–Crippen LogP) is 4.24. The van der Waals surface area contributed by atoms with Crippen LogP contribution >= 0.6 is 11.8 Å². The third-order valence-electron chi connectivity index (χ3n) is 2.84. The monoisotopic (exact) mass is 313 g/mol. The highest BCUT2D eigenvalue weighted by Gasteiger charge is 2.30. The van der Waals surface area contributed by atoms with E-state index in [1.54, 1.807) is 6.07 Å². The quantitative estimate of drug-likeness (QED) is 0.680. The highest BCUT2D eigenvalue weighted by atomic mass is 32.2. The minimum absolute atomic E-state index is 0.0755. The van der Waals surface area contributed by atoms with Crippen LogP contribution in [0, 0.1) is 6.92 Å². The molecule has 0 amide bonds. The van der Waals surface area contributed by atoms with E-state index in [-0.39, 0.29) is 5.25 Å². The van der Waals surface area contributed by atoms with E-state index in [0.717, 1.165) is 23.4 Å². The molecule has 1 aromatic carbocycles. The van der Waals surface area contributed by atoms with Crippen LogP contribution in [0.1, 0.15) is 29.0 Å². The van der Waals surface area contributed by atoms with Crippen LogP contribution in [0.15, 0.2) is 35.5 Å². The van der Waals surface area contributed by atoms with Gasteiger partial charge in [0.05, 0.1) is 5.56 Å². The molecule has 1 heterocycles. The molecule has 2 rings (SSSR count). The van der Waals surface area contributed by atoms with Crippen LogP contribution in [-0.4, -0.2) is 9.97 Å². The normalized spacial score (nSPS) is 13.2. The maximum Gasteiger partial charge on any atom is 0.416 e. The fourth-order valence-electron chi connectivity index (χ4n) is 1.79. The molecule has 0 fully saturated rings. The first-order valence-electron chi connectivity index (χ1n) is 6.20. The molecule has 0 saturated carbocycles. The topological polar surface area (TPSA) is 51.8 Å². The fraction of sp³-hybridized carbons (Fsp3) is 0.286. The van der Waals surface area contributed by atoms with Gasteiger partial charge in [-0.25, -0.2) is 9.97 Å². The van der Waals surface area contributed by atoms with Crippen LogP contribution in [0.3, 0.4) is 0 Å². The second-order valence-corrected chi connectivity index (χ2v) is 5.90. The molecule has 21 heavy (non-hydrogen) atoms. The molecule has 0 spiro atoms. The summed E-state index contributed by atoms with van der Waals surface area (Å²) < 4.78 is 37.6. The van der Waals surface area contributed by atoms with Gasteiger partial charge in [0.15, 0.2) is 5.16 Å². The van der Waals surface area contributed by atoms with Crippen molar-refractivity contribution in [2.24, 2.45) is 0 Å². The van der Waals surface area contributed by atoms with Gasteiger partial charge in [0.2, 0.25) is 0 Å². The van der Waals surface area contributed by atoms with Crippen molar-refractivity contribution in [2.45, 2.75) is 30.4 Å². The lowest BCUT2D eigenvalue weighted by molar-refractivity contribution is -0.137. The lowest BCUT2D eigenvalue weighted by Gasteiger charge is -2.13. The fourth-order valence-corrected chi connectivity index (χ4v) is 2.75. The molecule has 0 bridgehead atoms. The summed E-state index contributed by atoms with van der Waals surface area (Å²) in [5.41, 5.74) is 6.53. The first kappa shape index (κ1) is 15.6. The van der Waals surface area contributed by atoms with Crippen molar-refractivity contribution in [3.8, 4) is 0 Å². The lowest BCUT2D eigenvalue weighted by Crippen LogP contribution is -2.04. The van der Waals surface area contributed by atoms with E-state index in [1.807, 2.05) is 13.8 Å². The van der Waals surface area contributed by atoms with E-state index in [1.165, 1.54) is 23.9 Å². The van der Waals surface area contributed by atoms with Gasteiger partial charge in [-0.05, 0) is 31.5 Å². The number of hydrogen-bond acceptors (Lipinski definition) is 4. The summed E-state index contributed by atoms with van der Waals surface area (Å²) in [6, 6.07) is 6.77. The number of nitrogens with zero attached hydrogens (tertiary/aromatic N) is 2. The second kappa shape index (κ2) is 5.93. The zero-order chi connectivity index (χ0) is 15.6. The molecule has 0 aliphatic carbocycles. The Bertz CT molecular complexity index is 606. The number of aryl methyl sites for hydroxylation is 1. The van der Waals surface area contributed by atoms with E-state index in [9.17, 15) is 13.2 Å². The maximum atomic E-state index is 12.5. The van der Waals surface area contributed by atoms with Gasteiger partial charge in [-0.3, -0.25) is 0 Å². The molecular formula is C14H14F3N3S. The summed E-state index contributed by atoms with van der Waals surface area (Å²) in [5.74, 6) is 0.379. The van der Waals surface area contributed by atoms with Gasteiger partial charge in [-0.2, -0.15) is 13.2 Å². The molecule has 112 valence electrons. The Hall–Kier alpha value is -1.76. The van der Waals surface area contributed by atoms with Crippen LogP contribution in [0.4, 0.5) is 19.0 Å². The first-order chi connectivity index (χ1) is 9.75. The summed E-state index contributed by atoms with van der Waals surface area (Å²) in [5, 5.41) is 0.438. The Morgan fingerprint density at radius 1 is 1.14 bits per heavy atom. The summed E-state index contributed by atoms with van der Waals surface area (Å²) in [7, 11) is 0. The van der Waals surface area contributed by atoms with Crippen molar-refractivity contribution in [1.82, 2.24) is 9.97 Å². The molecule has 0 unspecified atom stereocenters. The van der Waals surface area contributed by atoms with Gasteiger partial charge in [-0.15, -0.1) is 0 Å². The molecule has 1 atom stereocenters. The molecule has 0 aliphatic rings. The standard InChI is InChI=1S/C14H14F3N3S/c1-8-7-12(18)20-13(19-8)21-9(2)10-3-5-11(6-4-10)14(15,16)17/h3-7,9H,1-2H3,(H2,18,19,20)/t9-/m1/s1. The zero-order valence-electron chi connectivity index (χ0n) is 11.5. The highest BCUT2D eigenvalue weighted by molar-refractivity contribution is 7.99. The number of nitrogens with two attached hydrogens (primary N) is 1. The van der Waals surface area contributed by atoms with E-state index in [0.29, 0.717) is 11.0 Å². The summed E-state index contributed by atoms with van der Waals surface area (Å²) in [4.78, 5) is 8.35. The van der Waals surface area contributed by atoms with Crippen molar-refractivity contribution in [3.05, 3.63) is 47.2 Å². The van der Waals surface area contributed by atoms with Crippen LogP contribution in [-0.2, 0) is 6.18 Å². The first-order valence-corrected chi connectivity index (χ1v) is 7.08. The number of benzene rings is 1. The maximum absolute atomic E-state index is 12.5. The van der Waals surface area contributed by atoms with E-state index in [4.69, 9.17) is 5.73 Å². The number of rotatable bonds is 3. The Morgan fingerprint density at radius 2 is 1.76 bits per heavy atom. The number of alkyl halides is 3. The SMILES string of the molecule is Cc1cc(N)nc(S[C@H](C)c2ccc(C(F)(F)F)cc2)n1. The summed E-state index contributed by atoms with van der Waals surface area (Å²) >= 11 is 1.35. The van der Waals surface area contributed by atoms with Gasteiger partial charge in [0, 0.05) is 17.0 Å². The smallest absolute Gasteiger partial charge is 0.384 e. The van der Waals surface area contributed by atoms with Crippen molar-refractivity contribution < 1.29 is 13.2 Å². The molecule has 3 nitrogen and oxygen atoms in total. The van der Waals surface area contributed by atoms with Crippen molar-refractivity contribution in [2.75, 3.05) is 5.73 Å². The summed E-state index contributed by atoms with van der Waals surface area (Å²) in [6.07, 6.45) is -4.32.